The second kappa shape index (κ2) is 8.87. The summed E-state index contributed by atoms with van der Waals surface area (Å²) in [5.74, 6) is -0.629. The smallest absolute Gasteiger partial charge is 0.255 e. The lowest BCUT2D eigenvalue weighted by atomic mass is 10.1. The summed E-state index contributed by atoms with van der Waals surface area (Å²) in [5, 5.41) is 6.23. The van der Waals surface area contributed by atoms with Crippen LogP contribution in [0.15, 0.2) is 60.8 Å². The number of nitrogens with one attached hydrogen (secondary N) is 2. The third-order valence-electron chi connectivity index (χ3n) is 3.98. The first-order valence-corrected chi connectivity index (χ1v) is 9.35. The molecule has 2 aromatic carbocycles. The molecule has 0 radical (unpaired) electrons. The summed E-state index contributed by atoms with van der Waals surface area (Å²) in [4.78, 5) is 28.8. The fraction of sp³-hybridized carbons (Fsp3) is 0.0952. The van der Waals surface area contributed by atoms with Crippen molar-refractivity contribution >= 4 is 40.7 Å². The fourth-order valence-electron chi connectivity index (χ4n) is 2.62. The van der Waals surface area contributed by atoms with Gasteiger partial charge in [0.1, 0.15) is 0 Å². The van der Waals surface area contributed by atoms with Gasteiger partial charge in [0, 0.05) is 29.6 Å². The third-order valence-corrected chi connectivity index (χ3v) is 4.62. The molecule has 1 heterocycles. The van der Waals surface area contributed by atoms with Crippen molar-refractivity contribution in [1.29, 1.82) is 0 Å². The number of halogens is 2. The average Bonchev–Trinajstić information content (AvgIpc) is 2.70. The number of aromatic nitrogens is 1. The van der Waals surface area contributed by atoms with Gasteiger partial charge in [0.05, 0.1) is 21.3 Å². The number of pyridine rings is 1. The van der Waals surface area contributed by atoms with Crippen molar-refractivity contribution in [2.45, 2.75) is 6.92 Å². The first-order valence-electron chi connectivity index (χ1n) is 8.59. The Morgan fingerprint density at radius 2 is 1.79 bits per heavy atom. The van der Waals surface area contributed by atoms with E-state index < -0.39 is 0 Å². The number of nitrogens with zero attached hydrogens (tertiary/aromatic N) is 1. The van der Waals surface area contributed by atoms with Crippen molar-refractivity contribution in [1.82, 2.24) is 10.3 Å². The molecular formula is C21H17Cl2N3O2. The number of hydrogen-bond donors (Lipinski definition) is 2. The third kappa shape index (κ3) is 4.50. The van der Waals surface area contributed by atoms with Gasteiger partial charge in [0.15, 0.2) is 0 Å². The van der Waals surface area contributed by atoms with Crippen LogP contribution in [0.2, 0.25) is 10.0 Å². The lowest BCUT2D eigenvalue weighted by Gasteiger charge is -2.10. The Labute approximate surface area is 172 Å². The molecule has 142 valence electrons. The van der Waals surface area contributed by atoms with E-state index in [4.69, 9.17) is 23.2 Å². The van der Waals surface area contributed by atoms with Crippen LogP contribution in [0.4, 0.5) is 5.69 Å². The molecule has 0 atom stereocenters. The van der Waals surface area contributed by atoms with Crippen molar-refractivity contribution in [2.24, 2.45) is 0 Å². The molecule has 1 aromatic heterocycles. The van der Waals surface area contributed by atoms with Crippen LogP contribution in [0.5, 0.6) is 0 Å². The van der Waals surface area contributed by atoms with Gasteiger partial charge in [-0.25, -0.2) is 0 Å². The number of benzene rings is 2. The van der Waals surface area contributed by atoms with Crippen molar-refractivity contribution in [3.63, 3.8) is 0 Å². The van der Waals surface area contributed by atoms with Gasteiger partial charge in [0.25, 0.3) is 11.8 Å². The summed E-state index contributed by atoms with van der Waals surface area (Å²) >= 11 is 12.4. The van der Waals surface area contributed by atoms with Crippen molar-refractivity contribution in [2.75, 3.05) is 11.9 Å². The van der Waals surface area contributed by atoms with Gasteiger partial charge in [0.2, 0.25) is 0 Å². The molecule has 2 amide bonds. The Bertz CT molecular complexity index is 1020. The molecule has 5 nitrogen and oxygen atoms in total. The molecule has 0 aliphatic heterocycles. The molecule has 0 bridgehead atoms. The summed E-state index contributed by atoms with van der Waals surface area (Å²) in [5.41, 5.74) is 2.65. The lowest BCUT2D eigenvalue weighted by molar-refractivity contribution is 0.0954. The van der Waals surface area contributed by atoms with E-state index in [1.807, 2.05) is 25.1 Å². The summed E-state index contributed by atoms with van der Waals surface area (Å²) in [6.07, 6.45) is 1.68. The topological polar surface area (TPSA) is 71.1 Å². The zero-order valence-electron chi connectivity index (χ0n) is 15.0. The summed E-state index contributed by atoms with van der Waals surface area (Å²) < 4.78 is 0. The SMILES string of the molecule is CCNC(=O)c1ccc(C(=O)Nc2ccc(Cl)c(-c3ccccn3)c2)cc1Cl. The number of carbonyl (C=O) groups is 2. The van der Waals surface area contributed by atoms with Crippen LogP contribution >= 0.6 is 23.2 Å². The van der Waals surface area contributed by atoms with E-state index in [1.165, 1.54) is 12.1 Å². The highest BCUT2D eigenvalue weighted by molar-refractivity contribution is 6.34. The van der Waals surface area contributed by atoms with E-state index in [-0.39, 0.29) is 16.8 Å². The average molecular weight is 414 g/mol. The van der Waals surface area contributed by atoms with E-state index in [0.29, 0.717) is 39.6 Å². The number of rotatable bonds is 5. The van der Waals surface area contributed by atoms with Crippen LogP contribution in [0, 0.1) is 0 Å². The highest BCUT2D eigenvalue weighted by atomic mass is 35.5. The number of amides is 2. The monoisotopic (exact) mass is 413 g/mol. The van der Waals surface area contributed by atoms with Crippen LogP contribution in [-0.4, -0.2) is 23.3 Å². The second-order valence-electron chi connectivity index (χ2n) is 5.92. The molecule has 0 spiro atoms. The predicted octanol–water partition coefficient (Wildman–Crippen LogP) is 5.06. The maximum Gasteiger partial charge on any atom is 0.255 e. The van der Waals surface area contributed by atoms with Crippen LogP contribution < -0.4 is 10.6 Å². The van der Waals surface area contributed by atoms with Gasteiger partial charge >= 0.3 is 0 Å². The molecular weight excluding hydrogens is 397 g/mol. The zero-order valence-corrected chi connectivity index (χ0v) is 16.5. The van der Waals surface area contributed by atoms with E-state index in [1.54, 1.807) is 30.5 Å². The molecule has 2 N–H and O–H groups in total. The molecule has 0 saturated carbocycles. The lowest BCUT2D eigenvalue weighted by Crippen LogP contribution is -2.23. The Balaban J connectivity index is 1.82. The normalized spacial score (nSPS) is 10.4. The quantitative estimate of drug-likeness (QED) is 0.613. The predicted molar refractivity (Wildman–Crippen MR) is 112 cm³/mol. The van der Waals surface area contributed by atoms with Gasteiger partial charge in [-0.2, -0.15) is 0 Å². The summed E-state index contributed by atoms with van der Waals surface area (Å²) in [6.45, 7) is 2.31. The van der Waals surface area contributed by atoms with Crippen molar-refractivity contribution < 1.29 is 9.59 Å². The van der Waals surface area contributed by atoms with Crippen molar-refractivity contribution in [3.8, 4) is 11.3 Å². The molecule has 28 heavy (non-hydrogen) atoms. The molecule has 0 aliphatic rings. The van der Waals surface area contributed by atoms with Gasteiger partial charge in [-0.1, -0.05) is 29.3 Å². The first kappa shape index (κ1) is 19.9. The van der Waals surface area contributed by atoms with Crippen LogP contribution in [0.25, 0.3) is 11.3 Å². The van der Waals surface area contributed by atoms with E-state index in [2.05, 4.69) is 15.6 Å². The Kier molecular flexibility index (Phi) is 6.29. The Morgan fingerprint density at radius 3 is 2.46 bits per heavy atom. The minimum Gasteiger partial charge on any atom is -0.352 e. The zero-order chi connectivity index (χ0) is 20.1. The molecule has 0 unspecified atom stereocenters. The second-order valence-corrected chi connectivity index (χ2v) is 6.73. The minimum atomic E-state index is -0.348. The van der Waals surface area contributed by atoms with Gasteiger partial charge in [-0.05, 0) is 55.5 Å². The van der Waals surface area contributed by atoms with E-state index in [0.717, 1.165) is 0 Å². The molecule has 0 fully saturated rings. The number of hydrogen-bond acceptors (Lipinski definition) is 3. The van der Waals surface area contributed by atoms with Gasteiger partial charge < -0.3 is 10.6 Å². The fourth-order valence-corrected chi connectivity index (χ4v) is 3.10. The van der Waals surface area contributed by atoms with E-state index >= 15 is 0 Å². The number of carbonyl (C=O) groups excluding carboxylic acids is 2. The largest absolute Gasteiger partial charge is 0.352 e. The molecule has 7 heteroatoms. The van der Waals surface area contributed by atoms with E-state index in [9.17, 15) is 9.59 Å². The maximum absolute atomic E-state index is 12.6. The highest BCUT2D eigenvalue weighted by Gasteiger charge is 2.14. The minimum absolute atomic E-state index is 0.212. The first-order chi connectivity index (χ1) is 13.5. The van der Waals surface area contributed by atoms with Gasteiger partial charge in [-0.15, -0.1) is 0 Å². The van der Waals surface area contributed by atoms with Crippen LogP contribution in [-0.2, 0) is 0 Å². The summed E-state index contributed by atoms with van der Waals surface area (Å²) in [7, 11) is 0. The molecule has 3 rings (SSSR count). The highest BCUT2D eigenvalue weighted by Crippen LogP contribution is 2.29. The standard InChI is InChI=1S/C21H17Cl2N3O2/c1-2-24-21(28)15-8-6-13(11-18(15)23)20(27)26-14-7-9-17(22)16(12-14)19-5-3-4-10-25-19/h3-12H,2H2,1H3,(H,24,28)(H,26,27). The molecule has 3 aromatic rings. The van der Waals surface area contributed by atoms with Gasteiger partial charge in [-0.3, -0.25) is 14.6 Å². The Hall–Kier alpha value is -2.89. The van der Waals surface area contributed by atoms with Crippen LogP contribution in [0.3, 0.4) is 0 Å². The molecule has 0 saturated heterocycles. The maximum atomic E-state index is 12.6. The molecule has 0 aliphatic carbocycles. The van der Waals surface area contributed by atoms with Crippen LogP contribution in [0.1, 0.15) is 27.6 Å². The number of anilines is 1. The van der Waals surface area contributed by atoms with Crippen molar-refractivity contribution in [3.05, 3.63) is 82.0 Å². The Morgan fingerprint density at radius 1 is 0.964 bits per heavy atom. The summed E-state index contributed by atoms with van der Waals surface area (Å²) in [6, 6.07) is 15.2.